The van der Waals surface area contributed by atoms with Gasteiger partial charge in [-0.3, -0.25) is 4.98 Å². The number of aromatic nitrogens is 3. The zero-order valence-electron chi connectivity index (χ0n) is 9.93. The molecule has 1 saturated heterocycles. The van der Waals surface area contributed by atoms with Crippen LogP contribution in [0.2, 0.25) is 0 Å². The van der Waals surface area contributed by atoms with Gasteiger partial charge in [0.05, 0.1) is 30.1 Å². The lowest BCUT2D eigenvalue weighted by Gasteiger charge is -2.13. The average molecular weight is 228 g/mol. The van der Waals surface area contributed by atoms with E-state index in [1.807, 2.05) is 24.9 Å². The summed E-state index contributed by atoms with van der Waals surface area (Å²) in [5, 5.41) is 3.50. The van der Waals surface area contributed by atoms with E-state index in [1.54, 1.807) is 0 Å². The number of rotatable bonds is 2. The second-order valence-corrected chi connectivity index (χ2v) is 4.56. The maximum Gasteiger partial charge on any atom is 0.0995 e. The van der Waals surface area contributed by atoms with Crippen molar-refractivity contribution in [2.75, 3.05) is 6.54 Å². The van der Waals surface area contributed by atoms with Crippen molar-refractivity contribution in [3.63, 3.8) is 0 Å². The van der Waals surface area contributed by atoms with Crippen molar-refractivity contribution < 1.29 is 0 Å². The number of aryl methyl sites for hydroxylation is 1. The fraction of sp³-hybridized carbons (Fsp3) is 0.385. The predicted octanol–water partition coefficient (Wildman–Crippen LogP) is 2.00. The Labute approximate surface area is 101 Å². The van der Waals surface area contributed by atoms with Crippen molar-refractivity contribution in [1.82, 2.24) is 19.9 Å². The predicted molar refractivity (Wildman–Crippen MR) is 66.1 cm³/mol. The first kappa shape index (κ1) is 10.5. The summed E-state index contributed by atoms with van der Waals surface area (Å²) in [6.07, 6.45) is 9.99. The topological polar surface area (TPSA) is 42.7 Å². The molecule has 17 heavy (non-hydrogen) atoms. The van der Waals surface area contributed by atoms with E-state index in [0.717, 1.165) is 12.2 Å². The molecule has 2 aromatic heterocycles. The lowest BCUT2D eigenvalue weighted by Crippen LogP contribution is -2.16. The Bertz CT molecular complexity index is 512. The van der Waals surface area contributed by atoms with E-state index in [9.17, 15) is 0 Å². The van der Waals surface area contributed by atoms with Gasteiger partial charge in [0.15, 0.2) is 0 Å². The van der Waals surface area contributed by atoms with Crippen LogP contribution in [-0.2, 0) is 0 Å². The Morgan fingerprint density at radius 1 is 1.29 bits per heavy atom. The summed E-state index contributed by atoms with van der Waals surface area (Å²) in [7, 11) is 0. The van der Waals surface area contributed by atoms with Crippen LogP contribution in [0, 0.1) is 6.92 Å². The number of hydrogen-bond acceptors (Lipinski definition) is 3. The highest BCUT2D eigenvalue weighted by atomic mass is 15.1. The summed E-state index contributed by atoms with van der Waals surface area (Å²) in [6.45, 7) is 3.16. The molecule has 1 N–H and O–H groups in total. The van der Waals surface area contributed by atoms with Gasteiger partial charge in [-0.25, -0.2) is 4.98 Å². The maximum absolute atomic E-state index is 4.27. The molecule has 4 heteroatoms. The molecule has 88 valence electrons. The average Bonchev–Trinajstić information content (AvgIpc) is 3.00. The summed E-state index contributed by atoms with van der Waals surface area (Å²) in [4.78, 5) is 8.51. The van der Waals surface area contributed by atoms with E-state index in [2.05, 4.69) is 32.8 Å². The first-order valence-electron chi connectivity index (χ1n) is 6.02. The molecular formula is C13H16N4. The molecule has 0 amide bonds. The zero-order valence-corrected chi connectivity index (χ0v) is 9.93. The first-order chi connectivity index (χ1) is 8.34. The Hall–Kier alpha value is -1.68. The van der Waals surface area contributed by atoms with Crippen LogP contribution in [0.4, 0.5) is 0 Å². The quantitative estimate of drug-likeness (QED) is 0.855. The van der Waals surface area contributed by atoms with Gasteiger partial charge in [-0.1, -0.05) is 0 Å². The summed E-state index contributed by atoms with van der Waals surface area (Å²) in [5.41, 5.74) is 3.49. The molecule has 1 aliphatic rings. The lowest BCUT2D eigenvalue weighted by atomic mass is 10.1. The minimum Gasteiger partial charge on any atom is -0.309 e. The molecule has 0 radical (unpaired) electrons. The highest BCUT2D eigenvalue weighted by Gasteiger charge is 2.20. The third kappa shape index (κ3) is 1.96. The van der Waals surface area contributed by atoms with Crippen LogP contribution < -0.4 is 5.32 Å². The van der Waals surface area contributed by atoms with Gasteiger partial charge < -0.3 is 9.88 Å². The molecular weight excluding hydrogens is 212 g/mol. The van der Waals surface area contributed by atoms with Crippen LogP contribution in [-0.4, -0.2) is 21.1 Å². The third-order valence-electron chi connectivity index (χ3n) is 3.22. The van der Waals surface area contributed by atoms with Gasteiger partial charge in [0.2, 0.25) is 0 Å². The SMILES string of the molecule is Cc1cncc(-n2cncc2C2CCCN2)c1. The molecule has 0 saturated carbocycles. The number of pyridine rings is 1. The lowest BCUT2D eigenvalue weighted by molar-refractivity contribution is 0.615. The van der Waals surface area contributed by atoms with Crippen molar-refractivity contribution in [3.8, 4) is 5.69 Å². The van der Waals surface area contributed by atoms with Crippen molar-refractivity contribution in [3.05, 3.63) is 42.2 Å². The first-order valence-corrected chi connectivity index (χ1v) is 6.02. The van der Waals surface area contributed by atoms with E-state index in [0.29, 0.717) is 6.04 Å². The maximum atomic E-state index is 4.27. The largest absolute Gasteiger partial charge is 0.309 e. The summed E-state index contributed by atoms with van der Waals surface area (Å²) in [6, 6.07) is 2.56. The molecule has 1 aliphatic heterocycles. The molecule has 3 rings (SSSR count). The highest BCUT2D eigenvalue weighted by Crippen LogP contribution is 2.24. The highest BCUT2D eigenvalue weighted by molar-refractivity contribution is 5.34. The monoisotopic (exact) mass is 228 g/mol. The van der Waals surface area contributed by atoms with Gasteiger partial charge in [0.1, 0.15) is 0 Å². The van der Waals surface area contributed by atoms with E-state index in [1.165, 1.54) is 24.1 Å². The van der Waals surface area contributed by atoms with Gasteiger partial charge in [0, 0.05) is 12.2 Å². The van der Waals surface area contributed by atoms with E-state index >= 15 is 0 Å². The fourth-order valence-electron chi connectivity index (χ4n) is 2.39. The summed E-state index contributed by atoms with van der Waals surface area (Å²) in [5.74, 6) is 0. The van der Waals surface area contributed by atoms with Crippen molar-refractivity contribution >= 4 is 0 Å². The van der Waals surface area contributed by atoms with Crippen LogP contribution in [0.25, 0.3) is 5.69 Å². The summed E-state index contributed by atoms with van der Waals surface area (Å²) >= 11 is 0. The molecule has 4 nitrogen and oxygen atoms in total. The van der Waals surface area contributed by atoms with Gasteiger partial charge in [-0.15, -0.1) is 0 Å². The Morgan fingerprint density at radius 2 is 2.24 bits per heavy atom. The molecule has 0 bridgehead atoms. The zero-order chi connectivity index (χ0) is 11.7. The number of imidazole rings is 1. The summed E-state index contributed by atoms with van der Waals surface area (Å²) < 4.78 is 2.13. The molecule has 2 aromatic rings. The minimum absolute atomic E-state index is 0.429. The van der Waals surface area contributed by atoms with Crippen LogP contribution >= 0.6 is 0 Å². The van der Waals surface area contributed by atoms with Crippen molar-refractivity contribution in [2.24, 2.45) is 0 Å². The standard InChI is InChI=1S/C13H16N4/c1-10-5-11(7-14-6-10)17-9-15-8-13(17)12-3-2-4-16-12/h5-9,12,16H,2-4H2,1H3. The van der Waals surface area contributed by atoms with Crippen LogP contribution in [0.1, 0.15) is 30.1 Å². The molecule has 0 aromatic carbocycles. The Balaban J connectivity index is 2.00. The van der Waals surface area contributed by atoms with Crippen molar-refractivity contribution in [1.29, 1.82) is 0 Å². The molecule has 0 aliphatic carbocycles. The second-order valence-electron chi connectivity index (χ2n) is 4.56. The van der Waals surface area contributed by atoms with Gasteiger partial charge in [-0.05, 0) is 37.9 Å². The minimum atomic E-state index is 0.429. The molecule has 0 spiro atoms. The third-order valence-corrected chi connectivity index (χ3v) is 3.22. The molecule has 1 atom stereocenters. The fourth-order valence-corrected chi connectivity index (χ4v) is 2.39. The Morgan fingerprint density at radius 3 is 3.00 bits per heavy atom. The van der Waals surface area contributed by atoms with Gasteiger partial charge >= 0.3 is 0 Å². The molecule has 1 unspecified atom stereocenters. The van der Waals surface area contributed by atoms with Crippen LogP contribution in [0.3, 0.4) is 0 Å². The van der Waals surface area contributed by atoms with E-state index in [4.69, 9.17) is 0 Å². The van der Waals surface area contributed by atoms with Gasteiger partial charge in [-0.2, -0.15) is 0 Å². The molecule has 1 fully saturated rings. The normalized spacial score (nSPS) is 19.7. The Kier molecular flexibility index (Phi) is 2.65. The van der Waals surface area contributed by atoms with E-state index in [-0.39, 0.29) is 0 Å². The molecule has 3 heterocycles. The number of hydrogen-bond donors (Lipinski definition) is 1. The van der Waals surface area contributed by atoms with Crippen LogP contribution in [0.15, 0.2) is 31.0 Å². The van der Waals surface area contributed by atoms with E-state index < -0.39 is 0 Å². The smallest absolute Gasteiger partial charge is 0.0995 e. The van der Waals surface area contributed by atoms with Gasteiger partial charge in [0.25, 0.3) is 0 Å². The number of nitrogens with zero attached hydrogens (tertiary/aromatic N) is 3. The van der Waals surface area contributed by atoms with Crippen LogP contribution in [0.5, 0.6) is 0 Å². The second kappa shape index (κ2) is 4.30. The number of nitrogens with one attached hydrogen (secondary N) is 1. The van der Waals surface area contributed by atoms with Crippen molar-refractivity contribution in [2.45, 2.75) is 25.8 Å².